The van der Waals surface area contributed by atoms with Crippen LogP contribution >= 0.6 is 0 Å². The first-order valence-electron chi connectivity index (χ1n) is 9.07. The lowest BCUT2D eigenvalue weighted by Gasteiger charge is -2.24. The predicted octanol–water partition coefficient (Wildman–Crippen LogP) is 3.91. The maximum absolute atomic E-state index is 13.2. The van der Waals surface area contributed by atoms with Crippen molar-refractivity contribution in [2.75, 3.05) is 6.54 Å². The summed E-state index contributed by atoms with van der Waals surface area (Å²) in [7, 11) is 0. The fourth-order valence-electron chi connectivity index (χ4n) is 3.63. The standard InChI is InChI=1S/C20H22FN5/c1-2-19-22-10-14(11-23-19)13-26-9-3-4-18(26)20-17(12-24-25-20)15-5-7-16(21)8-6-15/h5-8,10-12,18H,2-4,9,13H2,1H3,(H,24,25)/t18-/m0/s1. The minimum Gasteiger partial charge on any atom is -0.290 e. The summed E-state index contributed by atoms with van der Waals surface area (Å²) in [5.41, 5.74) is 4.24. The normalized spacial score (nSPS) is 17.7. The molecule has 0 radical (unpaired) electrons. The van der Waals surface area contributed by atoms with Crippen LogP contribution in [0.5, 0.6) is 0 Å². The maximum atomic E-state index is 13.2. The number of likely N-dealkylation sites (tertiary alicyclic amines) is 1. The zero-order chi connectivity index (χ0) is 17.9. The number of aromatic amines is 1. The van der Waals surface area contributed by atoms with Crippen molar-refractivity contribution in [1.29, 1.82) is 0 Å². The molecule has 3 aromatic rings. The molecule has 0 saturated carbocycles. The maximum Gasteiger partial charge on any atom is 0.127 e. The van der Waals surface area contributed by atoms with Gasteiger partial charge in [-0.2, -0.15) is 5.10 Å². The quantitative estimate of drug-likeness (QED) is 0.757. The van der Waals surface area contributed by atoms with Crippen LogP contribution in [0.1, 0.15) is 42.9 Å². The van der Waals surface area contributed by atoms with Gasteiger partial charge in [0.1, 0.15) is 11.6 Å². The van der Waals surface area contributed by atoms with Gasteiger partial charge in [0.15, 0.2) is 0 Å². The largest absolute Gasteiger partial charge is 0.290 e. The summed E-state index contributed by atoms with van der Waals surface area (Å²) in [6.45, 7) is 3.90. The average Bonchev–Trinajstić information content (AvgIpc) is 3.32. The molecule has 0 bridgehead atoms. The Kier molecular flexibility index (Phi) is 4.75. The van der Waals surface area contributed by atoms with E-state index in [-0.39, 0.29) is 11.9 Å². The number of benzene rings is 1. The van der Waals surface area contributed by atoms with E-state index in [1.54, 1.807) is 12.1 Å². The first-order valence-corrected chi connectivity index (χ1v) is 9.07. The van der Waals surface area contributed by atoms with E-state index in [2.05, 4.69) is 32.0 Å². The Morgan fingerprint density at radius 3 is 2.65 bits per heavy atom. The van der Waals surface area contributed by atoms with Gasteiger partial charge in [0.05, 0.1) is 17.9 Å². The fraction of sp³-hybridized carbons (Fsp3) is 0.350. The lowest BCUT2D eigenvalue weighted by molar-refractivity contribution is 0.244. The summed E-state index contributed by atoms with van der Waals surface area (Å²) in [6.07, 6.45) is 8.74. The summed E-state index contributed by atoms with van der Waals surface area (Å²) < 4.78 is 13.2. The Morgan fingerprint density at radius 2 is 1.92 bits per heavy atom. The molecule has 0 amide bonds. The minimum absolute atomic E-state index is 0.225. The molecule has 0 unspecified atom stereocenters. The van der Waals surface area contributed by atoms with Crippen LogP contribution < -0.4 is 0 Å². The molecule has 1 aromatic carbocycles. The molecular formula is C20H22FN5. The molecular weight excluding hydrogens is 329 g/mol. The van der Waals surface area contributed by atoms with E-state index < -0.39 is 0 Å². The van der Waals surface area contributed by atoms with Gasteiger partial charge in [-0.25, -0.2) is 14.4 Å². The summed E-state index contributed by atoms with van der Waals surface area (Å²) in [5, 5.41) is 7.44. The molecule has 4 rings (SSSR count). The molecule has 6 heteroatoms. The number of aromatic nitrogens is 4. The summed E-state index contributed by atoms with van der Waals surface area (Å²) in [6, 6.07) is 6.86. The molecule has 0 aliphatic carbocycles. The molecule has 0 spiro atoms. The van der Waals surface area contributed by atoms with Crippen LogP contribution in [-0.2, 0) is 13.0 Å². The van der Waals surface area contributed by atoms with Gasteiger partial charge < -0.3 is 0 Å². The highest BCUT2D eigenvalue weighted by Crippen LogP contribution is 2.37. The second kappa shape index (κ2) is 7.33. The minimum atomic E-state index is -0.225. The molecule has 26 heavy (non-hydrogen) atoms. The van der Waals surface area contributed by atoms with Crippen molar-refractivity contribution in [2.24, 2.45) is 0 Å². The summed E-state index contributed by atoms with van der Waals surface area (Å²) in [4.78, 5) is 11.2. The molecule has 1 N–H and O–H groups in total. The molecule has 5 nitrogen and oxygen atoms in total. The van der Waals surface area contributed by atoms with Gasteiger partial charge in [-0.15, -0.1) is 0 Å². The van der Waals surface area contributed by atoms with Crippen LogP contribution in [-0.4, -0.2) is 31.6 Å². The van der Waals surface area contributed by atoms with Gasteiger partial charge in [0.25, 0.3) is 0 Å². The van der Waals surface area contributed by atoms with Crippen molar-refractivity contribution in [3.05, 3.63) is 65.8 Å². The van der Waals surface area contributed by atoms with E-state index in [1.165, 1.54) is 12.1 Å². The second-order valence-electron chi connectivity index (χ2n) is 6.69. The van der Waals surface area contributed by atoms with Crippen molar-refractivity contribution >= 4 is 0 Å². The lowest BCUT2D eigenvalue weighted by atomic mass is 10.0. The van der Waals surface area contributed by atoms with Gasteiger partial charge in [-0.3, -0.25) is 10.00 Å². The van der Waals surface area contributed by atoms with E-state index in [1.807, 2.05) is 18.6 Å². The number of aryl methyl sites for hydroxylation is 1. The Hall–Kier alpha value is -2.60. The highest BCUT2D eigenvalue weighted by molar-refractivity contribution is 5.65. The Balaban J connectivity index is 1.57. The first-order chi connectivity index (χ1) is 12.7. The van der Waals surface area contributed by atoms with Gasteiger partial charge in [-0.05, 0) is 37.1 Å². The highest BCUT2D eigenvalue weighted by Gasteiger charge is 2.29. The summed E-state index contributed by atoms with van der Waals surface area (Å²) >= 11 is 0. The third-order valence-corrected chi connectivity index (χ3v) is 4.98. The number of rotatable bonds is 5. The SMILES string of the molecule is CCc1ncc(CN2CCC[C@H]2c2[nH]ncc2-c2ccc(F)cc2)cn1. The van der Waals surface area contributed by atoms with Crippen LogP contribution in [0, 0.1) is 5.82 Å². The zero-order valence-electron chi connectivity index (χ0n) is 14.8. The third-order valence-electron chi connectivity index (χ3n) is 4.98. The molecule has 3 heterocycles. The molecule has 1 aliphatic rings. The number of nitrogens with zero attached hydrogens (tertiary/aromatic N) is 4. The van der Waals surface area contributed by atoms with Crippen molar-refractivity contribution in [3.63, 3.8) is 0 Å². The van der Waals surface area contributed by atoms with Gasteiger partial charge in [0, 0.05) is 36.5 Å². The Morgan fingerprint density at radius 1 is 1.15 bits per heavy atom. The Bertz CT molecular complexity index is 857. The fourth-order valence-corrected chi connectivity index (χ4v) is 3.63. The summed E-state index contributed by atoms with van der Waals surface area (Å²) in [5.74, 6) is 0.649. The highest BCUT2D eigenvalue weighted by atomic mass is 19.1. The van der Waals surface area contributed by atoms with Crippen LogP contribution in [0.4, 0.5) is 4.39 Å². The van der Waals surface area contributed by atoms with E-state index >= 15 is 0 Å². The molecule has 2 aromatic heterocycles. The van der Waals surface area contributed by atoms with Crippen LogP contribution in [0.15, 0.2) is 42.9 Å². The van der Waals surface area contributed by atoms with Crippen molar-refractivity contribution in [2.45, 2.75) is 38.8 Å². The first kappa shape index (κ1) is 16.8. The van der Waals surface area contributed by atoms with Gasteiger partial charge in [-0.1, -0.05) is 19.1 Å². The Labute approximate surface area is 152 Å². The number of hydrogen-bond donors (Lipinski definition) is 1. The number of nitrogens with one attached hydrogen (secondary N) is 1. The second-order valence-corrected chi connectivity index (χ2v) is 6.69. The van der Waals surface area contributed by atoms with E-state index in [9.17, 15) is 4.39 Å². The number of halogens is 1. The van der Waals surface area contributed by atoms with Crippen molar-refractivity contribution in [1.82, 2.24) is 25.1 Å². The third kappa shape index (κ3) is 3.37. The van der Waals surface area contributed by atoms with Crippen molar-refractivity contribution < 1.29 is 4.39 Å². The molecule has 1 aliphatic heterocycles. The van der Waals surface area contributed by atoms with Crippen LogP contribution in [0.3, 0.4) is 0 Å². The van der Waals surface area contributed by atoms with Gasteiger partial charge >= 0.3 is 0 Å². The van der Waals surface area contributed by atoms with E-state index in [0.717, 1.165) is 60.6 Å². The van der Waals surface area contributed by atoms with Crippen molar-refractivity contribution in [3.8, 4) is 11.1 Å². The molecule has 1 saturated heterocycles. The zero-order valence-corrected chi connectivity index (χ0v) is 14.8. The van der Waals surface area contributed by atoms with E-state index in [0.29, 0.717) is 0 Å². The number of H-pyrrole nitrogens is 1. The molecule has 1 fully saturated rings. The lowest BCUT2D eigenvalue weighted by Crippen LogP contribution is -2.23. The average molecular weight is 351 g/mol. The van der Waals surface area contributed by atoms with Gasteiger partial charge in [0.2, 0.25) is 0 Å². The van der Waals surface area contributed by atoms with Crippen LogP contribution in [0.2, 0.25) is 0 Å². The van der Waals surface area contributed by atoms with Crippen LogP contribution in [0.25, 0.3) is 11.1 Å². The number of hydrogen-bond acceptors (Lipinski definition) is 4. The monoisotopic (exact) mass is 351 g/mol. The topological polar surface area (TPSA) is 57.7 Å². The molecule has 1 atom stereocenters. The smallest absolute Gasteiger partial charge is 0.127 e. The van der Waals surface area contributed by atoms with E-state index in [4.69, 9.17) is 0 Å². The predicted molar refractivity (Wildman–Crippen MR) is 97.8 cm³/mol. The molecule has 134 valence electrons.